The minimum atomic E-state index is -0.704. The molecule has 0 aromatic carbocycles. The molecule has 94 valence electrons. The van der Waals surface area contributed by atoms with Crippen molar-refractivity contribution in [3.8, 4) is 0 Å². The number of rotatable bonds is 2. The van der Waals surface area contributed by atoms with Crippen LogP contribution in [0.25, 0.3) is 0 Å². The van der Waals surface area contributed by atoms with Crippen LogP contribution < -0.4 is 5.73 Å². The van der Waals surface area contributed by atoms with E-state index in [-0.39, 0.29) is 11.3 Å². The van der Waals surface area contributed by atoms with Crippen LogP contribution in [0.5, 0.6) is 0 Å². The summed E-state index contributed by atoms with van der Waals surface area (Å²) < 4.78 is 7.22. The monoisotopic (exact) mass is 237 g/mol. The van der Waals surface area contributed by atoms with E-state index in [1.54, 1.807) is 6.20 Å². The molecule has 2 atom stereocenters. The second kappa shape index (κ2) is 3.48. The minimum Gasteiger partial charge on any atom is -0.442 e. The van der Waals surface area contributed by atoms with Crippen LogP contribution in [0.15, 0.2) is 12.3 Å². The van der Waals surface area contributed by atoms with E-state index in [1.807, 2.05) is 17.8 Å². The Morgan fingerprint density at radius 3 is 2.71 bits per heavy atom. The molecule has 0 spiro atoms. The van der Waals surface area contributed by atoms with Crippen molar-refractivity contribution in [2.75, 3.05) is 0 Å². The molecule has 2 N–H and O–H groups in total. The number of nitrogens with two attached hydrogens (primary N) is 1. The third-order valence-corrected chi connectivity index (χ3v) is 3.68. The van der Waals surface area contributed by atoms with Crippen molar-refractivity contribution < 1.29 is 9.53 Å². The van der Waals surface area contributed by atoms with Gasteiger partial charge in [-0.15, -0.1) is 0 Å². The lowest BCUT2D eigenvalue weighted by Crippen LogP contribution is -2.37. The van der Waals surface area contributed by atoms with Crippen LogP contribution in [0, 0.1) is 5.41 Å². The maximum Gasteiger partial charge on any atom is 0.405 e. The molecule has 0 saturated heterocycles. The van der Waals surface area contributed by atoms with E-state index in [0.717, 1.165) is 12.1 Å². The Morgan fingerprint density at radius 2 is 2.29 bits per heavy atom. The van der Waals surface area contributed by atoms with Crippen LogP contribution in [0.4, 0.5) is 4.79 Å². The van der Waals surface area contributed by atoms with E-state index in [1.165, 1.54) is 0 Å². The molecule has 1 aliphatic rings. The molecule has 1 amide bonds. The molecule has 1 aromatic heterocycles. The number of aryl methyl sites for hydroxylation is 1. The molecule has 2 rings (SSSR count). The fraction of sp³-hybridized carbons (Fsp3) is 0.667. The molecular formula is C12H19N3O2. The lowest BCUT2D eigenvalue weighted by molar-refractivity contribution is 0.0105. The Bertz CT molecular complexity index is 447. The molecular weight excluding hydrogens is 218 g/mol. The van der Waals surface area contributed by atoms with E-state index < -0.39 is 11.7 Å². The number of nitrogens with zero attached hydrogens (tertiary/aromatic N) is 2. The number of carbonyl (C=O) groups excluding carboxylic acids is 1. The van der Waals surface area contributed by atoms with Gasteiger partial charge in [0.1, 0.15) is 5.60 Å². The van der Waals surface area contributed by atoms with Gasteiger partial charge in [-0.1, -0.05) is 20.8 Å². The molecule has 1 heterocycles. The Balaban J connectivity index is 2.30. The van der Waals surface area contributed by atoms with Crippen molar-refractivity contribution in [2.45, 2.75) is 38.7 Å². The Labute approximate surface area is 101 Å². The maximum absolute atomic E-state index is 11.1. The van der Waals surface area contributed by atoms with Gasteiger partial charge in [0.15, 0.2) is 0 Å². The topological polar surface area (TPSA) is 70.1 Å². The van der Waals surface area contributed by atoms with E-state index >= 15 is 0 Å². The summed E-state index contributed by atoms with van der Waals surface area (Å²) in [6.07, 6.45) is 1.86. The summed E-state index contributed by atoms with van der Waals surface area (Å²) in [6.45, 7) is 6.19. The molecule has 0 aliphatic heterocycles. The zero-order valence-electron chi connectivity index (χ0n) is 10.7. The van der Waals surface area contributed by atoms with Crippen molar-refractivity contribution in [3.63, 3.8) is 0 Å². The predicted octanol–water partition coefficient (Wildman–Crippen LogP) is 1.79. The highest BCUT2D eigenvalue weighted by atomic mass is 16.6. The van der Waals surface area contributed by atoms with Gasteiger partial charge in [-0.25, -0.2) is 4.79 Å². The van der Waals surface area contributed by atoms with Crippen LogP contribution in [0.1, 0.15) is 38.8 Å². The number of carbonyl (C=O) groups is 1. The highest BCUT2D eigenvalue weighted by Gasteiger charge is 2.66. The van der Waals surface area contributed by atoms with E-state index in [2.05, 4.69) is 25.9 Å². The van der Waals surface area contributed by atoms with Gasteiger partial charge in [0.05, 0.1) is 0 Å². The summed E-state index contributed by atoms with van der Waals surface area (Å²) in [5.74, 6) is 0.183. The fourth-order valence-corrected chi connectivity index (χ4v) is 2.59. The SMILES string of the molecule is Cn1nccc1[C@H]1C[C@]1(OC(N)=O)C(C)(C)C. The molecule has 17 heavy (non-hydrogen) atoms. The van der Waals surface area contributed by atoms with Crippen LogP contribution in [-0.2, 0) is 11.8 Å². The van der Waals surface area contributed by atoms with E-state index in [4.69, 9.17) is 10.5 Å². The van der Waals surface area contributed by atoms with Crippen molar-refractivity contribution in [2.24, 2.45) is 18.2 Å². The van der Waals surface area contributed by atoms with E-state index in [9.17, 15) is 4.79 Å². The van der Waals surface area contributed by atoms with Gasteiger partial charge in [-0.05, 0) is 6.07 Å². The van der Waals surface area contributed by atoms with Crippen LogP contribution in [-0.4, -0.2) is 21.5 Å². The summed E-state index contributed by atoms with van der Waals surface area (Å²) in [5.41, 5.74) is 5.63. The van der Waals surface area contributed by atoms with Gasteiger partial charge in [0, 0.05) is 36.7 Å². The molecule has 0 unspecified atom stereocenters. The molecule has 1 aliphatic carbocycles. The molecule has 1 saturated carbocycles. The normalized spacial score (nSPS) is 27.9. The first-order chi connectivity index (χ1) is 7.78. The van der Waals surface area contributed by atoms with Crippen molar-refractivity contribution in [1.29, 1.82) is 0 Å². The van der Waals surface area contributed by atoms with Gasteiger partial charge >= 0.3 is 6.09 Å². The average Bonchev–Trinajstić information content (AvgIpc) is 2.71. The zero-order chi connectivity index (χ0) is 12.8. The van der Waals surface area contributed by atoms with Gasteiger partial charge < -0.3 is 10.5 Å². The molecule has 5 nitrogen and oxygen atoms in total. The second-order valence-corrected chi connectivity index (χ2v) is 5.70. The first-order valence-corrected chi connectivity index (χ1v) is 5.74. The summed E-state index contributed by atoms with van der Waals surface area (Å²) in [5, 5.41) is 4.15. The first-order valence-electron chi connectivity index (χ1n) is 5.74. The third kappa shape index (κ3) is 1.79. The highest BCUT2D eigenvalue weighted by Crippen LogP contribution is 2.62. The van der Waals surface area contributed by atoms with Crippen molar-refractivity contribution in [3.05, 3.63) is 18.0 Å². The number of aromatic nitrogens is 2. The number of hydrogen-bond donors (Lipinski definition) is 1. The minimum absolute atomic E-state index is 0.142. The van der Waals surface area contributed by atoms with Gasteiger partial charge in [-0.3, -0.25) is 4.68 Å². The van der Waals surface area contributed by atoms with Crippen LogP contribution in [0.3, 0.4) is 0 Å². The molecule has 1 aromatic rings. The van der Waals surface area contributed by atoms with Gasteiger partial charge in [0.25, 0.3) is 0 Å². The average molecular weight is 237 g/mol. The quantitative estimate of drug-likeness (QED) is 0.852. The fourth-order valence-electron chi connectivity index (χ4n) is 2.59. The maximum atomic E-state index is 11.1. The summed E-state index contributed by atoms with van der Waals surface area (Å²) in [4.78, 5) is 11.1. The summed E-state index contributed by atoms with van der Waals surface area (Å²) in [6, 6.07) is 1.96. The smallest absolute Gasteiger partial charge is 0.405 e. The number of hydrogen-bond acceptors (Lipinski definition) is 3. The highest BCUT2D eigenvalue weighted by molar-refractivity contribution is 5.66. The van der Waals surface area contributed by atoms with Crippen LogP contribution >= 0.6 is 0 Å². The van der Waals surface area contributed by atoms with Gasteiger partial charge in [-0.2, -0.15) is 5.10 Å². The lowest BCUT2D eigenvalue weighted by Gasteiger charge is -2.31. The van der Waals surface area contributed by atoms with Gasteiger partial charge in [0.2, 0.25) is 0 Å². The Morgan fingerprint density at radius 1 is 1.65 bits per heavy atom. The molecule has 5 heteroatoms. The predicted molar refractivity (Wildman–Crippen MR) is 63.4 cm³/mol. The number of amides is 1. The molecule has 1 fully saturated rings. The molecule has 0 bridgehead atoms. The Kier molecular flexibility index (Phi) is 2.45. The van der Waals surface area contributed by atoms with Crippen molar-refractivity contribution in [1.82, 2.24) is 9.78 Å². The van der Waals surface area contributed by atoms with Crippen molar-refractivity contribution >= 4 is 6.09 Å². The van der Waals surface area contributed by atoms with Crippen LogP contribution in [0.2, 0.25) is 0 Å². The number of ether oxygens (including phenoxy) is 1. The zero-order valence-corrected chi connectivity index (χ0v) is 10.7. The standard InChI is InChI=1S/C12H19N3O2/c1-11(2,3)12(17-10(13)16)7-8(12)9-5-6-14-15(9)4/h5-6,8H,7H2,1-4H3,(H2,13,16)/t8-,12-/m1/s1. The number of primary amides is 1. The summed E-state index contributed by atoms with van der Waals surface area (Å²) in [7, 11) is 1.89. The molecule has 0 radical (unpaired) electrons. The Hall–Kier alpha value is -1.52. The lowest BCUT2D eigenvalue weighted by atomic mass is 9.84. The second-order valence-electron chi connectivity index (χ2n) is 5.70. The largest absolute Gasteiger partial charge is 0.442 e. The third-order valence-electron chi connectivity index (χ3n) is 3.68. The van der Waals surface area contributed by atoms with E-state index in [0.29, 0.717) is 0 Å². The first kappa shape index (κ1) is 12.0. The summed E-state index contributed by atoms with van der Waals surface area (Å²) >= 11 is 0.